The molecule has 0 spiro atoms. The van der Waals surface area contributed by atoms with Crippen molar-refractivity contribution in [3.63, 3.8) is 0 Å². The van der Waals surface area contributed by atoms with Crippen molar-refractivity contribution in [1.82, 2.24) is 10.6 Å². The van der Waals surface area contributed by atoms with Gasteiger partial charge < -0.3 is 20.5 Å². The summed E-state index contributed by atoms with van der Waals surface area (Å²) in [4.78, 5) is 32.8. The highest BCUT2D eigenvalue weighted by atomic mass is 16.5. The van der Waals surface area contributed by atoms with Gasteiger partial charge in [-0.3, -0.25) is 9.59 Å². The maximum atomic E-state index is 11.2. The molecule has 0 bridgehead atoms. The Bertz CT molecular complexity index is 301. The summed E-state index contributed by atoms with van der Waals surface area (Å²) in [6.45, 7) is 4.60. The molecule has 0 radical (unpaired) electrons. The molecule has 0 saturated carbocycles. The average molecular weight is 246 g/mol. The van der Waals surface area contributed by atoms with E-state index in [1.165, 1.54) is 13.8 Å². The molecular weight excluding hydrogens is 228 g/mol. The van der Waals surface area contributed by atoms with Crippen molar-refractivity contribution in [3.8, 4) is 0 Å². The predicted molar refractivity (Wildman–Crippen MR) is 59.5 cm³/mol. The Morgan fingerprint density at radius 1 is 1.24 bits per heavy atom. The summed E-state index contributed by atoms with van der Waals surface area (Å²) in [5, 5.41) is 13.4. The van der Waals surface area contributed by atoms with Gasteiger partial charge in [0, 0.05) is 6.54 Å². The van der Waals surface area contributed by atoms with Crippen LogP contribution < -0.4 is 10.6 Å². The first-order valence-corrected chi connectivity index (χ1v) is 5.20. The zero-order valence-electron chi connectivity index (χ0n) is 10.2. The lowest BCUT2D eigenvalue weighted by Crippen LogP contribution is -2.44. The molecule has 0 aromatic heterocycles. The van der Waals surface area contributed by atoms with E-state index in [0.29, 0.717) is 0 Å². The quantitative estimate of drug-likeness (QED) is 0.570. The number of ether oxygens (including phenoxy) is 1. The first-order valence-electron chi connectivity index (χ1n) is 5.20. The number of rotatable bonds is 6. The van der Waals surface area contributed by atoms with Crippen molar-refractivity contribution in [2.45, 2.75) is 20.8 Å². The maximum Gasteiger partial charge on any atom is 0.325 e. The number of hydrogen-bond donors (Lipinski definition) is 3. The molecule has 0 heterocycles. The summed E-state index contributed by atoms with van der Waals surface area (Å²) in [5.74, 6) is -1.55. The van der Waals surface area contributed by atoms with Gasteiger partial charge in [0.2, 0.25) is 0 Å². The van der Waals surface area contributed by atoms with Crippen molar-refractivity contribution in [3.05, 3.63) is 0 Å². The van der Waals surface area contributed by atoms with Crippen LogP contribution in [0.5, 0.6) is 0 Å². The number of esters is 1. The number of aliphatic carboxylic acids is 1. The van der Waals surface area contributed by atoms with Gasteiger partial charge in [0.05, 0.1) is 12.0 Å². The molecule has 0 aliphatic carbocycles. The van der Waals surface area contributed by atoms with Gasteiger partial charge in [-0.05, 0) is 20.8 Å². The number of carbonyl (C=O) groups excluding carboxylic acids is 2. The summed E-state index contributed by atoms with van der Waals surface area (Å²) >= 11 is 0. The van der Waals surface area contributed by atoms with Crippen molar-refractivity contribution >= 4 is 18.0 Å². The van der Waals surface area contributed by atoms with Crippen LogP contribution in [-0.4, -0.2) is 42.8 Å². The first kappa shape index (κ1) is 15.2. The molecule has 0 saturated heterocycles. The molecule has 3 N–H and O–H groups in total. The highest BCUT2D eigenvalue weighted by Crippen LogP contribution is 2.12. The van der Waals surface area contributed by atoms with E-state index in [2.05, 4.69) is 15.4 Å². The minimum atomic E-state index is -1.05. The zero-order chi connectivity index (χ0) is 13.5. The molecule has 0 aromatic carbocycles. The number of urea groups is 1. The molecule has 7 nitrogen and oxygen atoms in total. The second-order valence-electron chi connectivity index (χ2n) is 4.03. The number of carbonyl (C=O) groups is 3. The Labute approximate surface area is 99.5 Å². The van der Waals surface area contributed by atoms with Crippen LogP contribution >= 0.6 is 0 Å². The van der Waals surface area contributed by atoms with Crippen LogP contribution in [0.2, 0.25) is 0 Å². The number of amides is 2. The lowest BCUT2D eigenvalue weighted by Gasteiger charge is -2.19. The van der Waals surface area contributed by atoms with Gasteiger partial charge in [-0.1, -0.05) is 0 Å². The molecule has 98 valence electrons. The Kier molecular flexibility index (Phi) is 6.01. The topological polar surface area (TPSA) is 105 Å². The van der Waals surface area contributed by atoms with E-state index in [4.69, 9.17) is 5.11 Å². The van der Waals surface area contributed by atoms with Gasteiger partial charge in [0.1, 0.15) is 6.54 Å². The summed E-state index contributed by atoms with van der Waals surface area (Å²) in [5.41, 5.74) is -1.05. The summed E-state index contributed by atoms with van der Waals surface area (Å²) in [7, 11) is 0. The molecule has 0 aliphatic heterocycles. The molecule has 0 atom stereocenters. The third-order valence-corrected chi connectivity index (χ3v) is 1.97. The van der Waals surface area contributed by atoms with Crippen molar-refractivity contribution in [2.75, 3.05) is 19.7 Å². The van der Waals surface area contributed by atoms with Crippen molar-refractivity contribution in [2.24, 2.45) is 5.41 Å². The molecule has 0 rings (SSSR count). The smallest absolute Gasteiger partial charge is 0.325 e. The van der Waals surface area contributed by atoms with Gasteiger partial charge in [-0.15, -0.1) is 0 Å². The third kappa shape index (κ3) is 6.39. The van der Waals surface area contributed by atoms with E-state index in [9.17, 15) is 14.4 Å². The van der Waals surface area contributed by atoms with Gasteiger partial charge in [-0.25, -0.2) is 4.79 Å². The monoisotopic (exact) mass is 246 g/mol. The fourth-order valence-electron chi connectivity index (χ4n) is 0.804. The molecule has 0 fully saturated rings. The predicted octanol–water partition coefficient (Wildman–Crippen LogP) is -0.0405. The zero-order valence-corrected chi connectivity index (χ0v) is 10.2. The lowest BCUT2D eigenvalue weighted by molar-refractivity contribution is -0.146. The largest absolute Gasteiger partial charge is 0.481 e. The Balaban J connectivity index is 3.88. The Morgan fingerprint density at radius 2 is 1.82 bits per heavy atom. The molecule has 0 aromatic rings. The number of carboxylic acid groups (broad SMARTS) is 1. The average Bonchev–Trinajstić information content (AvgIpc) is 2.24. The number of carboxylic acids is 1. The van der Waals surface area contributed by atoms with Gasteiger partial charge in [0.25, 0.3) is 0 Å². The van der Waals surface area contributed by atoms with Crippen molar-refractivity contribution < 1.29 is 24.2 Å². The maximum absolute atomic E-state index is 11.2. The van der Waals surface area contributed by atoms with Crippen LogP contribution in [-0.2, 0) is 14.3 Å². The number of nitrogens with one attached hydrogen (secondary N) is 2. The van der Waals surface area contributed by atoms with Crippen LogP contribution in [0.25, 0.3) is 0 Å². The molecule has 0 aliphatic rings. The third-order valence-electron chi connectivity index (χ3n) is 1.97. The van der Waals surface area contributed by atoms with Crippen LogP contribution in [0.4, 0.5) is 4.79 Å². The van der Waals surface area contributed by atoms with E-state index >= 15 is 0 Å². The van der Waals surface area contributed by atoms with E-state index in [-0.39, 0.29) is 19.7 Å². The Morgan fingerprint density at radius 3 is 2.29 bits per heavy atom. The fourth-order valence-corrected chi connectivity index (χ4v) is 0.804. The Hall–Kier alpha value is -1.79. The molecule has 7 heteroatoms. The minimum absolute atomic E-state index is 0.0308. The normalized spacial score (nSPS) is 10.5. The summed E-state index contributed by atoms with van der Waals surface area (Å²) in [6, 6.07) is -0.604. The molecule has 17 heavy (non-hydrogen) atoms. The van der Waals surface area contributed by atoms with Gasteiger partial charge in [-0.2, -0.15) is 0 Å². The highest BCUT2D eigenvalue weighted by Gasteiger charge is 2.27. The first-order chi connectivity index (χ1) is 7.79. The minimum Gasteiger partial charge on any atom is -0.481 e. The van der Waals surface area contributed by atoms with E-state index in [1.807, 2.05) is 0 Å². The molecular formula is C10H18N2O5. The fraction of sp³-hybridized carbons (Fsp3) is 0.700. The van der Waals surface area contributed by atoms with Crippen LogP contribution in [0.3, 0.4) is 0 Å². The standard InChI is InChI=1S/C10H18N2O5/c1-4-17-7(13)5-11-9(16)12-6-10(2,3)8(14)15/h4-6H2,1-3H3,(H,14,15)(H2,11,12,16). The van der Waals surface area contributed by atoms with Gasteiger partial charge in [0.15, 0.2) is 0 Å². The van der Waals surface area contributed by atoms with Crippen LogP contribution in [0.15, 0.2) is 0 Å². The van der Waals surface area contributed by atoms with Crippen molar-refractivity contribution in [1.29, 1.82) is 0 Å². The second kappa shape index (κ2) is 6.72. The van der Waals surface area contributed by atoms with Crippen LogP contribution in [0, 0.1) is 5.41 Å². The molecule has 2 amide bonds. The lowest BCUT2D eigenvalue weighted by atomic mass is 9.94. The van der Waals surface area contributed by atoms with Gasteiger partial charge >= 0.3 is 18.0 Å². The second-order valence-corrected chi connectivity index (χ2v) is 4.03. The van der Waals surface area contributed by atoms with E-state index < -0.39 is 23.4 Å². The highest BCUT2D eigenvalue weighted by molar-refractivity contribution is 5.81. The van der Waals surface area contributed by atoms with E-state index in [0.717, 1.165) is 0 Å². The van der Waals surface area contributed by atoms with Crippen LogP contribution in [0.1, 0.15) is 20.8 Å². The SMILES string of the molecule is CCOC(=O)CNC(=O)NCC(C)(C)C(=O)O. The summed E-state index contributed by atoms with van der Waals surface area (Å²) in [6.07, 6.45) is 0. The molecule has 0 unspecified atom stereocenters. The summed E-state index contributed by atoms with van der Waals surface area (Å²) < 4.78 is 4.60. The number of hydrogen-bond acceptors (Lipinski definition) is 4. The van der Waals surface area contributed by atoms with E-state index in [1.54, 1.807) is 6.92 Å².